The molecule has 3 rings (SSSR count). The predicted molar refractivity (Wildman–Crippen MR) is 169 cm³/mol. The Morgan fingerprint density at radius 1 is 0.952 bits per heavy atom. The van der Waals surface area contributed by atoms with Crippen LogP contribution in [0.3, 0.4) is 0 Å². The highest BCUT2D eigenvalue weighted by atomic mass is 16.6. The summed E-state index contributed by atoms with van der Waals surface area (Å²) in [4.78, 5) is 43.0. The Labute approximate surface area is 250 Å². The van der Waals surface area contributed by atoms with E-state index >= 15 is 0 Å². The smallest absolute Gasteiger partial charge is 0.408 e. The van der Waals surface area contributed by atoms with Gasteiger partial charge in [-0.05, 0) is 87.1 Å². The van der Waals surface area contributed by atoms with Crippen molar-refractivity contribution in [1.29, 1.82) is 0 Å². The van der Waals surface area contributed by atoms with Crippen molar-refractivity contribution in [2.75, 3.05) is 5.32 Å². The number of nitrogens with one attached hydrogen (secondary N) is 2. The molecule has 0 bridgehead atoms. The summed E-state index contributed by atoms with van der Waals surface area (Å²) < 4.78 is 5.48. The molecule has 3 unspecified atom stereocenters. The van der Waals surface area contributed by atoms with Gasteiger partial charge in [-0.15, -0.1) is 6.42 Å². The van der Waals surface area contributed by atoms with Gasteiger partial charge >= 0.3 is 6.09 Å². The van der Waals surface area contributed by atoms with Crippen molar-refractivity contribution in [2.45, 2.75) is 85.0 Å². The van der Waals surface area contributed by atoms with Crippen molar-refractivity contribution in [2.24, 2.45) is 5.92 Å². The van der Waals surface area contributed by atoms with Crippen molar-refractivity contribution in [1.82, 2.24) is 10.2 Å². The van der Waals surface area contributed by atoms with Gasteiger partial charge in [0.2, 0.25) is 5.91 Å². The first-order chi connectivity index (χ1) is 19.8. The molecule has 0 aliphatic heterocycles. The first-order valence-electron chi connectivity index (χ1n) is 14.5. The Morgan fingerprint density at radius 3 is 2.17 bits per heavy atom. The van der Waals surface area contributed by atoms with Crippen molar-refractivity contribution in [3.8, 4) is 12.3 Å². The van der Waals surface area contributed by atoms with Crippen LogP contribution in [-0.2, 0) is 14.3 Å². The van der Waals surface area contributed by atoms with Crippen LogP contribution in [-0.4, -0.2) is 40.5 Å². The van der Waals surface area contributed by atoms with Crippen LogP contribution in [0.4, 0.5) is 10.5 Å². The monoisotopic (exact) mass is 569 g/mol. The summed E-state index contributed by atoms with van der Waals surface area (Å²) in [5, 5.41) is 7.87. The number of hydrogen-bond acceptors (Lipinski definition) is 4. The van der Waals surface area contributed by atoms with E-state index < -0.39 is 23.8 Å². The van der Waals surface area contributed by atoms with E-state index in [0.29, 0.717) is 29.7 Å². The van der Waals surface area contributed by atoms with Crippen LogP contribution < -0.4 is 10.6 Å². The highest BCUT2D eigenvalue weighted by Gasteiger charge is 2.38. The van der Waals surface area contributed by atoms with Crippen LogP contribution in [0.15, 0.2) is 66.7 Å². The van der Waals surface area contributed by atoms with Gasteiger partial charge in [-0.1, -0.05) is 69.2 Å². The number of hydrogen-bond donors (Lipinski definition) is 2. The highest BCUT2D eigenvalue weighted by molar-refractivity contribution is 6.00. The summed E-state index contributed by atoms with van der Waals surface area (Å²) in [6.45, 7) is 13.1. The number of rotatable bonds is 10. The van der Waals surface area contributed by atoms with E-state index in [1.165, 1.54) is 0 Å². The lowest BCUT2D eigenvalue weighted by molar-refractivity contribution is -0.143. The fraction of sp³-hybridized carbons (Fsp3) is 0.400. The Balaban J connectivity index is 2.06. The number of amides is 3. The lowest BCUT2D eigenvalue weighted by atomic mass is 9.96. The van der Waals surface area contributed by atoms with Gasteiger partial charge < -0.3 is 20.3 Å². The molecule has 7 heteroatoms. The first-order valence-corrected chi connectivity index (χ1v) is 14.5. The third-order valence-electron chi connectivity index (χ3n) is 6.95. The van der Waals surface area contributed by atoms with E-state index in [9.17, 15) is 14.4 Å². The summed E-state index contributed by atoms with van der Waals surface area (Å²) >= 11 is 0. The minimum absolute atomic E-state index is 0.0902. The summed E-state index contributed by atoms with van der Waals surface area (Å²) in [5.74, 6) is 1.97. The number of fused-ring (bicyclic) bond motifs is 1. The normalized spacial score (nSPS) is 13.5. The van der Waals surface area contributed by atoms with Crippen LogP contribution >= 0.6 is 0 Å². The maximum atomic E-state index is 14.4. The molecule has 0 aliphatic carbocycles. The lowest BCUT2D eigenvalue weighted by Crippen LogP contribution is -2.55. The van der Waals surface area contributed by atoms with Gasteiger partial charge in [-0.3, -0.25) is 9.59 Å². The van der Waals surface area contributed by atoms with E-state index in [2.05, 4.69) is 16.6 Å². The van der Waals surface area contributed by atoms with Crippen molar-refractivity contribution >= 4 is 34.4 Å². The van der Waals surface area contributed by atoms with E-state index in [-0.39, 0.29) is 23.8 Å². The fourth-order valence-electron chi connectivity index (χ4n) is 4.80. The van der Waals surface area contributed by atoms with E-state index in [1.807, 2.05) is 70.2 Å². The Bertz CT molecular complexity index is 1430. The Kier molecular flexibility index (Phi) is 10.8. The Morgan fingerprint density at radius 2 is 1.60 bits per heavy atom. The van der Waals surface area contributed by atoms with Gasteiger partial charge in [0.05, 0.1) is 0 Å². The number of ether oxygens (including phenoxy) is 1. The van der Waals surface area contributed by atoms with Crippen LogP contribution in [0.2, 0.25) is 0 Å². The van der Waals surface area contributed by atoms with Crippen LogP contribution in [0.5, 0.6) is 0 Å². The third-order valence-corrected chi connectivity index (χ3v) is 6.95. The molecule has 0 fully saturated rings. The van der Waals surface area contributed by atoms with Gasteiger partial charge in [0.25, 0.3) is 5.91 Å². The first kappa shape index (κ1) is 32.2. The molecule has 0 aliphatic rings. The minimum Gasteiger partial charge on any atom is -0.444 e. The maximum absolute atomic E-state index is 14.4. The van der Waals surface area contributed by atoms with Crippen LogP contribution in [0.1, 0.15) is 78.5 Å². The second kappa shape index (κ2) is 14.0. The summed E-state index contributed by atoms with van der Waals surface area (Å²) in [6.07, 6.45) is 5.88. The number of alkyl carbamates (subject to hydrolysis) is 1. The largest absolute Gasteiger partial charge is 0.444 e. The number of benzene rings is 3. The zero-order chi connectivity index (χ0) is 31.0. The summed E-state index contributed by atoms with van der Waals surface area (Å²) in [6, 6.07) is 18.5. The average molecular weight is 570 g/mol. The number of anilines is 1. The molecule has 3 aromatic carbocycles. The second-order valence-corrected chi connectivity index (χ2v) is 12.1. The standard InChI is InChI=1S/C35H43N3O4/c1-9-24(5)38(33(40)30(21-23(3)4)37-34(41)42-35(6,7)8)31(27-17-15-25(10-2)16-18-27)32(39)36-29-20-19-26-13-11-12-14-28(26)22-29/h2,11-20,22-24,30-31H,9,21H2,1,3-8H3,(H,36,39)(H,37,41). The zero-order valence-corrected chi connectivity index (χ0v) is 25.7. The average Bonchev–Trinajstić information content (AvgIpc) is 2.93. The molecule has 3 amide bonds. The second-order valence-electron chi connectivity index (χ2n) is 12.1. The van der Waals surface area contributed by atoms with E-state index in [1.54, 1.807) is 49.9 Å². The molecule has 7 nitrogen and oxygen atoms in total. The number of carbonyl (C=O) groups excluding carboxylic acids is 3. The predicted octanol–water partition coefficient (Wildman–Crippen LogP) is 7.07. The highest BCUT2D eigenvalue weighted by Crippen LogP contribution is 2.29. The molecule has 0 spiro atoms. The molecule has 222 valence electrons. The number of carbonyl (C=O) groups is 3. The van der Waals surface area contributed by atoms with Gasteiger partial charge in [0, 0.05) is 17.3 Å². The SMILES string of the molecule is C#Cc1ccc(C(C(=O)Nc2ccc3ccccc3c2)N(C(=O)C(CC(C)C)NC(=O)OC(C)(C)C)C(C)CC)cc1. The molecule has 0 aromatic heterocycles. The third kappa shape index (κ3) is 8.59. The quantitative estimate of drug-likeness (QED) is 0.256. The molecule has 0 radical (unpaired) electrons. The van der Waals surface area contributed by atoms with Crippen LogP contribution in [0.25, 0.3) is 10.8 Å². The molecule has 3 atom stereocenters. The molecule has 0 saturated carbocycles. The van der Waals surface area contributed by atoms with Gasteiger partial charge in [-0.25, -0.2) is 4.79 Å². The summed E-state index contributed by atoms with van der Waals surface area (Å²) in [5.41, 5.74) is 1.16. The minimum atomic E-state index is -0.985. The number of terminal acetylenes is 1. The molecule has 2 N–H and O–H groups in total. The van der Waals surface area contributed by atoms with Crippen molar-refractivity contribution < 1.29 is 19.1 Å². The zero-order valence-electron chi connectivity index (χ0n) is 25.7. The van der Waals surface area contributed by atoms with Crippen molar-refractivity contribution in [3.05, 3.63) is 77.9 Å². The maximum Gasteiger partial charge on any atom is 0.408 e. The molecule has 3 aromatic rings. The van der Waals surface area contributed by atoms with Gasteiger partial charge in [0.15, 0.2) is 0 Å². The molecular formula is C35H43N3O4. The van der Waals surface area contributed by atoms with E-state index in [0.717, 1.165) is 10.8 Å². The molecule has 0 saturated heterocycles. The van der Waals surface area contributed by atoms with Gasteiger partial charge in [0.1, 0.15) is 17.7 Å². The molecular weight excluding hydrogens is 526 g/mol. The molecule has 42 heavy (non-hydrogen) atoms. The fourth-order valence-corrected chi connectivity index (χ4v) is 4.80. The topological polar surface area (TPSA) is 87.7 Å². The van der Waals surface area contributed by atoms with E-state index in [4.69, 9.17) is 11.2 Å². The number of nitrogens with zero attached hydrogens (tertiary/aromatic N) is 1. The lowest BCUT2D eigenvalue weighted by Gasteiger charge is -2.38. The van der Waals surface area contributed by atoms with Gasteiger partial charge in [-0.2, -0.15) is 0 Å². The molecule has 0 heterocycles. The van der Waals surface area contributed by atoms with Crippen LogP contribution in [0, 0.1) is 18.3 Å². The summed E-state index contributed by atoms with van der Waals surface area (Å²) in [7, 11) is 0. The Hall–Kier alpha value is -4.31. The van der Waals surface area contributed by atoms with Crippen molar-refractivity contribution in [3.63, 3.8) is 0 Å².